The van der Waals surface area contributed by atoms with Gasteiger partial charge in [0.05, 0.1) is 5.56 Å². The van der Waals surface area contributed by atoms with Gasteiger partial charge in [0.25, 0.3) is 0 Å². The summed E-state index contributed by atoms with van der Waals surface area (Å²) in [6.07, 6.45) is 0. The van der Waals surface area contributed by atoms with Crippen molar-refractivity contribution in [3.05, 3.63) is 23.8 Å². The van der Waals surface area contributed by atoms with Gasteiger partial charge in [0.2, 0.25) is 0 Å². The second-order valence-corrected chi connectivity index (χ2v) is 7.22. The maximum atomic E-state index is 11.5. The minimum atomic E-state index is -0.869. The fourth-order valence-electron chi connectivity index (χ4n) is 1.70. The maximum absolute atomic E-state index is 11.5. The molecule has 0 aliphatic carbocycles. The lowest BCUT2D eigenvalue weighted by atomic mass is 9.81. The van der Waals surface area contributed by atoms with Crippen molar-refractivity contribution in [2.45, 2.75) is 39.5 Å². The van der Waals surface area contributed by atoms with Crippen LogP contribution in [0.15, 0.2) is 23.1 Å². The van der Waals surface area contributed by atoms with Crippen LogP contribution in [-0.4, -0.2) is 23.4 Å². The van der Waals surface area contributed by atoms with Crippen molar-refractivity contribution in [2.75, 3.05) is 17.6 Å². The number of benzene rings is 1. The molecule has 0 saturated heterocycles. The van der Waals surface area contributed by atoms with Crippen LogP contribution in [0.3, 0.4) is 0 Å². The lowest BCUT2D eigenvalue weighted by molar-refractivity contribution is 0.0694. The predicted molar refractivity (Wildman–Crippen MR) is 86.9 cm³/mol. The van der Waals surface area contributed by atoms with Gasteiger partial charge in [-0.1, -0.05) is 40.7 Å². The number of hydrogen-bond acceptors (Lipinski definition) is 3. The number of carbonyl (C=O) groups is 1. The van der Waals surface area contributed by atoms with Gasteiger partial charge < -0.3 is 10.4 Å². The van der Waals surface area contributed by atoms with Crippen molar-refractivity contribution in [1.29, 1.82) is 0 Å². The van der Waals surface area contributed by atoms with Crippen molar-refractivity contribution in [1.82, 2.24) is 0 Å². The molecule has 2 N–H and O–H groups in total. The van der Waals surface area contributed by atoms with Gasteiger partial charge in [-0.05, 0) is 29.2 Å². The Balaban J connectivity index is 3.00. The highest BCUT2D eigenvalue weighted by molar-refractivity contribution is 7.99. The molecule has 0 aliphatic rings. The molecule has 0 aliphatic heterocycles. The number of anilines is 1. The molecule has 20 heavy (non-hydrogen) atoms. The third-order valence-corrected chi connectivity index (χ3v) is 4.78. The standard InChI is InChI=1S/C16H25NO2S/c1-6-20-13-9-7-8-12(14(13)15(18)19)17-10-16(4,5)11(2)3/h7-9,11,17H,6,10H2,1-5H3,(H,18,19). The summed E-state index contributed by atoms with van der Waals surface area (Å²) >= 11 is 1.56. The molecule has 0 radical (unpaired) electrons. The van der Waals surface area contributed by atoms with Crippen LogP contribution < -0.4 is 5.32 Å². The lowest BCUT2D eigenvalue weighted by Crippen LogP contribution is -2.29. The smallest absolute Gasteiger partial charge is 0.338 e. The number of nitrogens with one attached hydrogen (secondary N) is 1. The van der Waals surface area contributed by atoms with Gasteiger partial charge >= 0.3 is 5.97 Å². The summed E-state index contributed by atoms with van der Waals surface area (Å²) in [5.41, 5.74) is 1.22. The minimum Gasteiger partial charge on any atom is -0.478 e. The van der Waals surface area contributed by atoms with Gasteiger partial charge in [0, 0.05) is 17.1 Å². The monoisotopic (exact) mass is 295 g/mol. The molecular formula is C16H25NO2S. The van der Waals surface area contributed by atoms with Gasteiger partial charge in [-0.25, -0.2) is 4.79 Å². The average molecular weight is 295 g/mol. The van der Waals surface area contributed by atoms with Crippen LogP contribution in [0.2, 0.25) is 0 Å². The Bertz CT molecular complexity index is 470. The second kappa shape index (κ2) is 7.02. The van der Waals surface area contributed by atoms with E-state index in [2.05, 4.69) is 33.0 Å². The van der Waals surface area contributed by atoms with E-state index in [0.717, 1.165) is 17.2 Å². The highest BCUT2D eigenvalue weighted by Crippen LogP contribution is 2.31. The van der Waals surface area contributed by atoms with Crippen molar-refractivity contribution in [3.8, 4) is 0 Å². The Morgan fingerprint density at radius 1 is 1.40 bits per heavy atom. The Labute approximate surface area is 126 Å². The van der Waals surface area contributed by atoms with Gasteiger partial charge in [0.15, 0.2) is 0 Å². The summed E-state index contributed by atoms with van der Waals surface area (Å²) in [6, 6.07) is 5.63. The number of carboxylic acid groups (broad SMARTS) is 1. The molecule has 1 rings (SSSR count). The molecule has 0 amide bonds. The van der Waals surface area contributed by atoms with Crippen LogP contribution in [0.5, 0.6) is 0 Å². The molecule has 0 unspecified atom stereocenters. The summed E-state index contributed by atoms with van der Waals surface area (Å²) in [6.45, 7) is 11.5. The highest BCUT2D eigenvalue weighted by Gasteiger charge is 2.23. The number of thioether (sulfide) groups is 1. The third-order valence-electron chi connectivity index (χ3n) is 3.84. The Morgan fingerprint density at radius 2 is 2.05 bits per heavy atom. The second-order valence-electron chi connectivity index (χ2n) is 5.91. The van der Waals surface area contributed by atoms with E-state index in [1.54, 1.807) is 11.8 Å². The van der Waals surface area contributed by atoms with Crippen molar-refractivity contribution >= 4 is 23.4 Å². The summed E-state index contributed by atoms with van der Waals surface area (Å²) in [4.78, 5) is 12.3. The molecule has 0 bridgehead atoms. The van der Waals surface area contributed by atoms with Crippen LogP contribution in [-0.2, 0) is 0 Å². The Morgan fingerprint density at radius 3 is 2.55 bits per heavy atom. The molecule has 4 heteroatoms. The molecule has 0 heterocycles. The van der Waals surface area contributed by atoms with Gasteiger partial charge in [-0.2, -0.15) is 0 Å². The summed E-state index contributed by atoms with van der Waals surface area (Å²) in [5, 5.41) is 12.8. The molecule has 1 aromatic rings. The fourth-order valence-corrected chi connectivity index (χ4v) is 2.53. The van der Waals surface area contributed by atoms with Gasteiger partial charge in [-0.15, -0.1) is 11.8 Å². The van der Waals surface area contributed by atoms with Crippen molar-refractivity contribution in [2.24, 2.45) is 11.3 Å². The summed E-state index contributed by atoms with van der Waals surface area (Å²) in [7, 11) is 0. The van der Waals surface area contributed by atoms with Gasteiger partial charge in [-0.3, -0.25) is 0 Å². The number of aromatic carboxylic acids is 1. The zero-order valence-electron chi connectivity index (χ0n) is 13.0. The SMILES string of the molecule is CCSc1cccc(NCC(C)(C)C(C)C)c1C(=O)O. The van der Waals surface area contributed by atoms with Crippen LogP contribution in [0.25, 0.3) is 0 Å². The van der Waals surface area contributed by atoms with Crippen LogP contribution in [0.1, 0.15) is 45.0 Å². The summed E-state index contributed by atoms with van der Waals surface area (Å²) in [5.74, 6) is 0.518. The molecule has 1 aromatic carbocycles. The topological polar surface area (TPSA) is 49.3 Å². The number of rotatable bonds is 7. The lowest BCUT2D eigenvalue weighted by Gasteiger charge is -2.30. The van der Waals surface area contributed by atoms with E-state index in [9.17, 15) is 9.90 Å². The molecule has 0 spiro atoms. The molecular weight excluding hydrogens is 270 g/mol. The first-order valence-electron chi connectivity index (χ1n) is 7.02. The van der Waals surface area contributed by atoms with E-state index >= 15 is 0 Å². The minimum absolute atomic E-state index is 0.115. The largest absolute Gasteiger partial charge is 0.478 e. The molecule has 0 aromatic heterocycles. The molecule has 0 saturated carbocycles. The van der Waals surface area contributed by atoms with Crippen molar-refractivity contribution < 1.29 is 9.90 Å². The molecule has 112 valence electrons. The van der Waals surface area contributed by atoms with Crippen LogP contribution in [0.4, 0.5) is 5.69 Å². The van der Waals surface area contributed by atoms with E-state index < -0.39 is 5.97 Å². The first-order chi connectivity index (χ1) is 9.29. The van der Waals surface area contributed by atoms with Crippen molar-refractivity contribution in [3.63, 3.8) is 0 Å². The van der Waals surface area contributed by atoms with Crippen LogP contribution in [0, 0.1) is 11.3 Å². The molecule has 0 atom stereocenters. The highest BCUT2D eigenvalue weighted by atomic mass is 32.2. The number of hydrogen-bond donors (Lipinski definition) is 2. The van der Waals surface area contributed by atoms with E-state index in [1.165, 1.54) is 0 Å². The Hall–Kier alpha value is -1.16. The quantitative estimate of drug-likeness (QED) is 0.722. The molecule has 3 nitrogen and oxygen atoms in total. The van der Waals surface area contributed by atoms with Crippen LogP contribution >= 0.6 is 11.8 Å². The summed E-state index contributed by atoms with van der Waals surface area (Å²) < 4.78 is 0. The number of carboxylic acids is 1. The van der Waals surface area contributed by atoms with E-state index in [4.69, 9.17) is 0 Å². The molecule has 0 fully saturated rings. The normalized spacial score (nSPS) is 11.7. The van der Waals surface area contributed by atoms with E-state index in [0.29, 0.717) is 17.2 Å². The average Bonchev–Trinajstić information content (AvgIpc) is 2.36. The maximum Gasteiger partial charge on any atom is 0.338 e. The zero-order chi connectivity index (χ0) is 15.3. The first kappa shape index (κ1) is 16.9. The fraction of sp³-hybridized carbons (Fsp3) is 0.562. The van der Waals surface area contributed by atoms with E-state index in [-0.39, 0.29) is 5.41 Å². The first-order valence-corrected chi connectivity index (χ1v) is 8.01. The van der Waals surface area contributed by atoms with Gasteiger partial charge in [0.1, 0.15) is 0 Å². The predicted octanol–water partition coefficient (Wildman–Crippen LogP) is 4.59. The Kier molecular flexibility index (Phi) is 5.93. The zero-order valence-corrected chi connectivity index (χ0v) is 13.8. The third kappa shape index (κ3) is 4.17. The van der Waals surface area contributed by atoms with E-state index in [1.807, 2.05) is 25.1 Å².